The van der Waals surface area contributed by atoms with E-state index in [4.69, 9.17) is 5.73 Å². The van der Waals surface area contributed by atoms with E-state index in [9.17, 15) is 34.5 Å². The highest BCUT2D eigenvalue weighted by Gasteiger charge is 2.63. The molecule has 0 heterocycles. The molecule has 4 atom stereocenters. The van der Waals surface area contributed by atoms with Gasteiger partial charge in [0, 0.05) is 22.6 Å². The van der Waals surface area contributed by atoms with E-state index < -0.39 is 58.0 Å². The van der Waals surface area contributed by atoms with Crippen LogP contribution in [0.1, 0.15) is 39.6 Å². The molecule has 3 aliphatic carbocycles. The molecule has 4 rings (SSSR count). The third-order valence-corrected chi connectivity index (χ3v) is 6.89. The lowest BCUT2D eigenvalue weighted by atomic mass is 9.58. The number of aliphatic hydroxyl groups is 3. The average Bonchev–Trinajstić information content (AvgIpc) is 2.70. The summed E-state index contributed by atoms with van der Waals surface area (Å²) in [5.41, 5.74) is 2.97. The number of ketones is 3. The van der Waals surface area contributed by atoms with Gasteiger partial charge in [0.2, 0.25) is 5.78 Å². The highest BCUT2D eigenvalue weighted by molar-refractivity contribution is 6.24. The lowest BCUT2D eigenvalue weighted by molar-refractivity contribution is -0.148. The molecule has 0 aromatic heterocycles. The predicted octanol–water partition coefficient (Wildman–Crippen LogP) is 0.618. The summed E-state index contributed by atoms with van der Waals surface area (Å²) in [5, 5.41) is 33.3. The molecule has 1 amide bonds. The first-order valence-corrected chi connectivity index (χ1v) is 10.2. The van der Waals surface area contributed by atoms with Gasteiger partial charge in [0.15, 0.2) is 17.2 Å². The highest BCUT2D eigenvalue weighted by atomic mass is 16.3. The number of nitrogens with two attached hydrogens (primary N) is 1. The number of Topliss-reactive ketones (excluding diaryl/α,β-unsaturated/α-hetero) is 3. The second kappa shape index (κ2) is 7.11. The molecule has 0 saturated heterocycles. The summed E-state index contributed by atoms with van der Waals surface area (Å²) in [6, 6.07) is 3.71. The van der Waals surface area contributed by atoms with E-state index in [1.165, 1.54) is 17.9 Å². The molecule has 0 fully saturated rings. The summed E-state index contributed by atoms with van der Waals surface area (Å²) in [6.07, 6.45) is 0.294. The Labute approximate surface area is 183 Å². The number of rotatable bonds is 3. The minimum atomic E-state index is -2.59. The number of hydrogen-bond donors (Lipinski definition) is 4. The van der Waals surface area contributed by atoms with Crippen molar-refractivity contribution in [1.82, 2.24) is 4.90 Å². The van der Waals surface area contributed by atoms with E-state index in [0.717, 1.165) is 0 Å². The maximum atomic E-state index is 13.3. The van der Waals surface area contributed by atoms with Crippen LogP contribution >= 0.6 is 0 Å². The van der Waals surface area contributed by atoms with Crippen LogP contribution in [-0.4, -0.2) is 69.2 Å². The van der Waals surface area contributed by atoms with Gasteiger partial charge in [0.05, 0.1) is 6.04 Å². The van der Waals surface area contributed by atoms with Crippen molar-refractivity contribution in [2.24, 2.45) is 17.6 Å². The van der Waals surface area contributed by atoms with Crippen LogP contribution in [0.5, 0.6) is 0 Å². The van der Waals surface area contributed by atoms with Gasteiger partial charge < -0.3 is 21.1 Å². The fraction of sp³-hybridized carbons (Fsp3) is 0.391. The lowest BCUT2D eigenvalue weighted by Gasteiger charge is -2.50. The monoisotopic (exact) mass is 440 g/mol. The molecule has 3 aliphatic rings. The first-order chi connectivity index (χ1) is 14.9. The highest BCUT2D eigenvalue weighted by Crippen LogP contribution is 2.51. The fourth-order valence-electron chi connectivity index (χ4n) is 5.51. The summed E-state index contributed by atoms with van der Waals surface area (Å²) in [7, 11) is 3.17. The van der Waals surface area contributed by atoms with Gasteiger partial charge in [-0.15, -0.1) is 0 Å². The second-order valence-electron chi connectivity index (χ2n) is 8.85. The van der Waals surface area contributed by atoms with Crippen molar-refractivity contribution in [2.75, 3.05) is 14.1 Å². The molecule has 0 saturated carbocycles. The Morgan fingerprint density at radius 3 is 2.41 bits per heavy atom. The first-order valence-electron chi connectivity index (χ1n) is 10.2. The van der Waals surface area contributed by atoms with Crippen molar-refractivity contribution in [1.29, 1.82) is 0 Å². The van der Waals surface area contributed by atoms with Crippen molar-refractivity contribution >= 4 is 23.3 Å². The molecule has 0 radical (unpaired) electrons. The summed E-state index contributed by atoms with van der Waals surface area (Å²) in [5.74, 6) is -6.32. The van der Waals surface area contributed by atoms with Gasteiger partial charge in [-0.1, -0.05) is 18.2 Å². The summed E-state index contributed by atoms with van der Waals surface area (Å²) in [4.78, 5) is 52.0. The number of amides is 1. The van der Waals surface area contributed by atoms with Crippen LogP contribution < -0.4 is 5.73 Å². The topological polar surface area (TPSA) is 158 Å². The van der Waals surface area contributed by atoms with Crippen molar-refractivity contribution in [2.45, 2.75) is 31.4 Å². The lowest BCUT2D eigenvalue weighted by Crippen LogP contribution is -2.63. The number of carbonyl (C=O) groups is 4. The molecule has 0 aliphatic heterocycles. The molecular weight excluding hydrogens is 416 g/mol. The smallest absolute Gasteiger partial charge is 0.255 e. The number of hydrogen-bond acceptors (Lipinski definition) is 8. The van der Waals surface area contributed by atoms with Gasteiger partial charge in [-0.05, 0) is 45.3 Å². The zero-order valence-corrected chi connectivity index (χ0v) is 17.9. The molecule has 0 unspecified atom stereocenters. The fourth-order valence-corrected chi connectivity index (χ4v) is 5.51. The Bertz CT molecular complexity index is 1160. The van der Waals surface area contributed by atoms with Crippen LogP contribution in [0, 0.1) is 11.8 Å². The molecule has 9 heteroatoms. The minimum absolute atomic E-state index is 0.0536. The van der Waals surface area contributed by atoms with Gasteiger partial charge in [-0.3, -0.25) is 24.1 Å². The Balaban J connectivity index is 1.96. The van der Waals surface area contributed by atoms with Crippen LogP contribution in [-0.2, 0) is 16.0 Å². The molecule has 168 valence electrons. The molecule has 9 nitrogen and oxygen atoms in total. The number of likely N-dealkylation sites (N-methyl/N-ethyl adjacent to an activating group) is 1. The molecule has 32 heavy (non-hydrogen) atoms. The van der Waals surface area contributed by atoms with Gasteiger partial charge in [0.1, 0.15) is 17.1 Å². The summed E-state index contributed by atoms with van der Waals surface area (Å²) < 4.78 is 0. The van der Waals surface area contributed by atoms with Crippen LogP contribution in [0.2, 0.25) is 0 Å². The normalized spacial score (nSPS) is 29.6. The number of primary amides is 1. The second-order valence-corrected chi connectivity index (χ2v) is 8.85. The third kappa shape index (κ3) is 2.71. The Morgan fingerprint density at radius 2 is 1.84 bits per heavy atom. The van der Waals surface area contributed by atoms with E-state index in [1.807, 2.05) is 0 Å². The van der Waals surface area contributed by atoms with Gasteiger partial charge >= 0.3 is 0 Å². The maximum Gasteiger partial charge on any atom is 0.255 e. The Morgan fingerprint density at radius 1 is 1.19 bits per heavy atom. The maximum absolute atomic E-state index is 13.3. The summed E-state index contributed by atoms with van der Waals surface area (Å²) in [6.45, 7) is 1.40. The number of carbonyl (C=O) groups excluding carboxylic acids is 4. The molecular formula is C23H24N2O7. The standard InChI is InChI=1S/C23H24N2O7/c1-9(26)11-5-4-6-12-13(11)7-10-8-14-17(25(2)3)19(28)16(22(24)31)21(30)23(14,32)20(29)15(10)18(12)27/h4-6,10,14,17,28-29,32H,7-8H2,1-3H3,(H2,24,31)/t10-,14-,17+,23-/m0/s1. The minimum Gasteiger partial charge on any atom is -0.510 e. The van der Waals surface area contributed by atoms with Gasteiger partial charge in [-0.2, -0.15) is 0 Å². The Hall–Kier alpha value is -3.30. The molecule has 5 N–H and O–H groups in total. The van der Waals surface area contributed by atoms with Crippen LogP contribution in [0.15, 0.2) is 40.9 Å². The average molecular weight is 440 g/mol. The Kier molecular flexibility index (Phi) is 4.87. The largest absolute Gasteiger partial charge is 0.510 e. The molecule has 1 aromatic rings. The van der Waals surface area contributed by atoms with E-state index in [1.54, 1.807) is 26.2 Å². The predicted molar refractivity (Wildman–Crippen MR) is 112 cm³/mol. The third-order valence-electron chi connectivity index (χ3n) is 6.89. The van der Waals surface area contributed by atoms with Gasteiger partial charge in [-0.25, -0.2) is 0 Å². The quantitative estimate of drug-likeness (QED) is 0.393. The van der Waals surface area contributed by atoms with Crippen LogP contribution in [0.25, 0.3) is 0 Å². The first kappa shape index (κ1) is 21.9. The number of nitrogens with zero attached hydrogens (tertiary/aromatic N) is 1. The molecule has 0 spiro atoms. The van der Waals surface area contributed by atoms with E-state index in [2.05, 4.69) is 0 Å². The van der Waals surface area contributed by atoms with Crippen LogP contribution in [0.4, 0.5) is 0 Å². The van der Waals surface area contributed by atoms with E-state index >= 15 is 0 Å². The SMILES string of the molecule is CC(=O)c1cccc2c1C[C@H]1C[C@H]3[C@@H](N(C)C)C(O)=C(C(N)=O)C(=O)[C@@]3(O)C(O)=C1C2=O. The van der Waals surface area contributed by atoms with Crippen LogP contribution in [0.3, 0.4) is 0 Å². The van der Waals surface area contributed by atoms with Gasteiger partial charge in [0.25, 0.3) is 5.91 Å². The van der Waals surface area contributed by atoms with E-state index in [-0.39, 0.29) is 29.8 Å². The molecule has 0 bridgehead atoms. The number of allylic oxidation sites excluding steroid dienone is 1. The van der Waals surface area contributed by atoms with Crippen molar-refractivity contribution in [3.8, 4) is 0 Å². The zero-order valence-electron chi connectivity index (χ0n) is 17.9. The number of fused-ring (bicyclic) bond motifs is 3. The number of benzene rings is 1. The van der Waals surface area contributed by atoms with Crippen molar-refractivity contribution in [3.63, 3.8) is 0 Å². The van der Waals surface area contributed by atoms with Crippen molar-refractivity contribution < 1.29 is 34.5 Å². The van der Waals surface area contributed by atoms with E-state index in [0.29, 0.717) is 11.1 Å². The van der Waals surface area contributed by atoms with Crippen molar-refractivity contribution in [3.05, 3.63) is 57.6 Å². The zero-order chi connectivity index (χ0) is 23.7. The number of aliphatic hydroxyl groups excluding tert-OH is 2. The molecule has 1 aromatic carbocycles. The summed E-state index contributed by atoms with van der Waals surface area (Å²) >= 11 is 0.